The normalized spacial score (nSPS) is 10.3. The molecule has 1 aromatic carbocycles. The molecule has 2 N–H and O–H groups in total. The van der Waals surface area contributed by atoms with Gasteiger partial charge >= 0.3 is 0 Å². The van der Waals surface area contributed by atoms with Crippen LogP contribution in [0.25, 0.3) is 0 Å². The molecule has 4 nitrogen and oxygen atoms in total. The minimum atomic E-state index is -0.112. The molecule has 2 rings (SSSR count). The summed E-state index contributed by atoms with van der Waals surface area (Å²) < 4.78 is 6.25. The van der Waals surface area contributed by atoms with E-state index >= 15 is 0 Å². The summed E-state index contributed by atoms with van der Waals surface area (Å²) in [5, 5.41) is 1.99. The van der Waals surface area contributed by atoms with Crippen molar-refractivity contribution >= 4 is 38.9 Å². The van der Waals surface area contributed by atoms with E-state index in [1.54, 1.807) is 41.5 Å². The Kier molecular flexibility index (Phi) is 4.67. The summed E-state index contributed by atoms with van der Waals surface area (Å²) in [4.78, 5) is 15.2. The van der Waals surface area contributed by atoms with Gasteiger partial charge < -0.3 is 15.4 Å². The topological polar surface area (TPSA) is 55.6 Å². The molecule has 0 unspecified atom stereocenters. The van der Waals surface area contributed by atoms with Crippen molar-refractivity contribution in [2.45, 2.75) is 6.54 Å². The number of methoxy groups -OCH3 is 1. The molecule has 0 fully saturated rings. The lowest BCUT2D eigenvalue weighted by molar-refractivity contribution is 0.0783. The lowest BCUT2D eigenvalue weighted by Crippen LogP contribution is -2.26. The molecule has 20 heavy (non-hydrogen) atoms. The third kappa shape index (κ3) is 3.13. The van der Waals surface area contributed by atoms with Crippen LogP contribution in [-0.2, 0) is 6.54 Å². The number of nitrogens with zero attached hydrogens (tertiary/aromatic N) is 1. The number of halogens is 1. The number of ether oxygens (including phenoxy) is 1. The van der Waals surface area contributed by atoms with Gasteiger partial charge in [-0.1, -0.05) is 6.07 Å². The Hall–Kier alpha value is -1.53. The zero-order valence-corrected chi connectivity index (χ0v) is 13.6. The summed E-state index contributed by atoms with van der Waals surface area (Å²) in [5.74, 6) is 0.315. The van der Waals surface area contributed by atoms with Crippen molar-refractivity contribution in [2.75, 3.05) is 19.9 Å². The van der Waals surface area contributed by atoms with Gasteiger partial charge in [0.1, 0.15) is 0 Å². The van der Waals surface area contributed by atoms with Crippen molar-refractivity contribution in [3.63, 3.8) is 0 Å². The van der Waals surface area contributed by atoms with E-state index in [0.717, 1.165) is 9.35 Å². The van der Waals surface area contributed by atoms with Gasteiger partial charge in [0.05, 0.1) is 24.9 Å². The fraction of sp³-hybridized carbons (Fsp3) is 0.214. The first kappa shape index (κ1) is 14.9. The Labute approximate surface area is 130 Å². The Balaban J connectivity index is 2.20. The number of benzene rings is 1. The highest BCUT2D eigenvalue weighted by Gasteiger charge is 2.18. The molecule has 0 bridgehead atoms. The molecule has 0 saturated heterocycles. The second-order valence-electron chi connectivity index (χ2n) is 4.32. The summed E-state index contributed by atoms with van der Waals surface area (Å²) in [6.07, 6.45) is 0. The highest BCUT2D eigenvalue weighted by Crippen LogP contribution is 2.28. The fourth-order valence-corrected chi connectivity index (χ4v) is 3.40. The number of carbonyl (C=O) groups excluding carboxylic acids is 1. The van der Waals surface area contributed by atoms with Gasteiger partial charge in [-0.2, -0.15) is 0 Å². The van der Waals surface area contributed by atoms with Gasteiger partial charge in [-0.25, -0.2) is 0 Å². The van der Waals surface area contributed by atoms with Gasteiger partial charge in [0, 0.05) is 21.8 Å². The first-order valence-electron chi connectivity index (χ1n) is 5.93. The van der Waals surface area contributed by atoms with E-state index in [1.807, 2.05) is 11.4 Å². The number of nitrogens with two attached hydrogens (primary N) is 1. The number of hydrogen-bond donors (Lipinski definition) is 1. The SMILES string of the molecule is COc1c(N)cccc1C(=O)N(C)Cc1cc(Br)cs1. The van der Waals surface area contributed by atoms with Crippen LogP contribution in [-0.4, -0.2) is 25.0 Å². The number of thiophene rings is 1. The molecular formula is C14H15BrN2O2S. The van der Waals surface area contributed by atoms with Crippen molar-refractivity contribution in [2.24, 2.45) is 0 Å². The molecule has 0 spiro atoms. The van der Waals surface area contributed by atoms with Crippen LogP contribution < -0.4 is 10.5 Å². The second kappa shape index (κ2) is 6.28. The third-order valence-corrected chi connectivity index (χ3v) is 4.52. The second-order valence-corrected chi connectivity index (χ2v) is 6.23. The van der Waals surface area contributed by atoms with Crippen molar-refractivity contribution in [1.82, 2.24) is 4.90 Å². The van der Waals surface area contributed by atoms with Gasteiger partial charge in [-0.3, -0.25) is 4.79 Å². The van der Waals surface area contributed by atoms with Gasteiger partial charge in [-0.05, 0) is 34.1 Å². The quantitative estimate of drug-likeness (QED) is 0.856. The van der Waals surface area contributed by atoms with Crippen molar-refractivity contribution in [3.8, 4) is 5.75 Å². The average Bonchev–Trinajstić information content (AvgIpc) is 2.82. The van der Waals surface area contributed by atoms with E-state index in [2.05, 4.69) is 15.9 Å². The Morgan fingerprint density at radius 1 is 1.50 bits per heavy atom. The molecule has 0 aliphatic heterocycles. The van der Waals surface area contributed by atoms with E-state index in [0.29, 0.717) is 23.5 Å². The summed E-state index contributed by atoms with van der Waals surface area (Å²) in [6, 6.07) is 7.19. The molecule has 1 aromatic heterocycles. The third-order valence-electron chi connectivity index (χ3n) is 2.84. The first-order valence-corrected chi connectivity index (χ1v) is 7.61. The number of hydrogen-bond acceptors (Lipinski definition) is 4. The minimum absolute atomic E-state index is 0.112. The zero-order chi connectivity index (χ0) is 14.7. The van der Waals surface area contributed by atoms with Gasteiger partial charge in [-0.15, -0.1) is 11.3 Å². The van der Waals surface area contributed by atoms with E-state index in [1.165, 1.54) is 7.11 Å². The molecule has 0 radical (unpaired) electrons. The Morgan fingerprint density at radius 3 is 2.85 bits per heavy atom. The highest BCUT2D eigenvalue weighted by molar-refractivity contribution is 9.10. The van der Waals surface area contributed by atoms with Crippen LogP contribution in [0.3, 0.4) is 0 Å². The summed E-state index contributed by atoms with van der Waals surface area (Å²) in [5.41, 5.74) is 6.77. The predicted molar refractivity (Wildman–Crippen MR) is 85.2 cm³/mol. The maximum Gasteiger partial charge on any atom is 0.257 e. The van der Waals surface area contributed by atoms with Crippen LogP contribution in [0.5, 0.6) is 5.75 Å². The predicted octanol–water partition coefficient (Wildman–Crippen LogP) is 3.37. The molecule has 0 aliphatic carbocycles. The van der Waals surface area contributed by atoms with E-state index in [-0.39, 0.29) is 5.91 Å². The summed E-state index contributed by atoms with van der Waals surface area (Å²) >= 11 is 5.01. The van der Waals surface area contributed by atoms with Crippen LogP contribution in [0.2, 0.25) is 0 Å². The molecule has 6 heteroatoms. The maximum absolute atomic E-state index is 12.5. The smallest absolute Gasteiger partial charge is 0.257 e. The van der Waals surface area contributed by atoms with Gasteiger partial charge in [0.15, 0.2) is 5.75 Å². The number of nitrogen functional groups attached to an aromatic ring is 1. The van der Waals surface area contributed by atoms with Crippen LogP contribution >= 0.6 is 27.3 Å². The van der Waals surface area contributed by atoms with Crippen molar-refractivity contribution < 1.29 is 9.53 Å². The van der Waals surface area contributed by atoms with Gasteiger partial charge in [0.2, 0.25) is 0 Å². The zero-order valence-electron chi connectivity index (χ0n) is 11.2. The number of anilines is 1. The molecule has 106 valence electrons. The largest absolute Gasteiger partial charge is 0.494 e. The lowest BCUT2D eigenvalue weighted by Gasteiger charge is -2.18. The highest BCUT2D eigenvalue weighted by atomic mass is 79.9. The van der Waals surface area contributed by atoms with E-state index in [4.69, 9.17) is 10.5 Å². The number of para-hydroxylation sites is 1. The molecule has 0 aliphatic rings. The number of rotatable bonds is 4. The minimum Gasteiger partial charge on any atom is -0.494 e. The molecule has 1 heterocycles. The Morgan fingerprint density at radius 2 is 2.25 bits per heavy atom. The van der Waals surface area contributed by atoms with E-state index < -0.39 is 0 Å². The fourth-order valence-electron chi connectivity index (χ4n) is 1.90. The van der Waals surface area contributed by atoms with Crippen LogP contribution in [0.4, 0.5) is 5.69 Å². The molecule has 0 atom stereocenters. The van der Waals surface area contributed by atoms with Crippen LogP contribution in [0, 0.1) is 0 Å². The van der Waals surface area contributed by atoms with Crippen LogP contribution in [0.1, 0.15) is 15.2 Å². The van der Waals surface area contributed by atoms with Gasteiger partial charge in [0.25, 0.3) is 5.91 Å². The summed E-state index contributed by atoms with van der Waals surface area (Å²) in [7, 11) is 3.28. The van der Waals surface area contributed by atoms with Crippen molar-refractivity contribution in [3.05, 3.63) is 44.6 Å². The summed E-state index contributed by atoms with van der Waals surface area (Å²) in [6.45, 7) is 0.549. The standard InChI is InChI=1S/C14H15BrN2O2S/c1-17(7-10-6-9(15)8-20-10)14(18)11-4-3-5-12(16)13(11)19-2/h3-6,8H,7,16H2,1-2H3. The molecule has 2 aromatic rings. The molecular weight excluding hydrogens is 340 g/mol. The molecule has 1 amide bonds. The van der Waals surface area contributed by atoms with Crippen LogP contribution in [0.15, 0.2) is 34.1 Å². The lowest BCUT2D eigenvalue weighted by atomic mass is 10.1. The maximum atomic E-state index is 12.5. The first-order chi connectivity index (χ1) is 9.52. The Bertz CT molecular complexity index is 627. The monoisotopic (exact) mass is 354 g/mol. The number of amides is 1. The van der Waals surface area contributed by atoms with E-state index in [9.17, 15) is 4.79 Å². The molecule has 0 saturated carbocycles. The number of carbonyl (C=O) groups is 1. The van der Waals surface area contributed by atoms with Crippen molar-refractivity contribution in [1.29, 1.82) is 0 Å². The average molecular weight is 355 g/mol.